The Balaban J connectivity index is 1.98. The van der Waals surface area contributed by atoms with Gasteiger partial charge in [0, 0.05) is 19.0 Å². The van der Waals surface area contributed by atoms with Crippen LogP contribution in [0.3, 0.4) is 0 Å². The summed E-state index contributed by atoms with van der Waals surface area (Å²) < 4.78 is 0. The Morgan fingerprint density at radius 1 is 1.43 bits per heavy atom. The van der Waals surface area contributed by atoms with Crippen molar-refractivity contribution >= 4 is 6.29 Å². The smallest absolute Gasteiger partial charge is 0.133 e. The van der Waals surface area contributed by atoms with Crippen LogP contribution in [0.15, 0.2) is 0 Å². The molecule has 0 amide bonds. The summed E-state index contributed by atoms with van der Waals surface area (Å²) >= 11 is 0. The number of carbonyl (C=O) groups excluding carboxylic acids is 1. The van der Waals surface area contributed by atoms with E-state index in [0.717, 1.165) is 38.6 Å². The van der Waals surface area contributed by atoms with Gasteiger partial charge in [0.1, 0.15) is 6.29 Å². The zero-order valence-corrected chi connectivity index (χ0v) is 8.61. The molecule has 0 radical (unpaired) electrons. The second-order valence-corrected chi connectivity index (χ2v) is 4.72. The van der Waals surface area contributed by atoms with Gasteiger partial charge in [0.05, 0.1) is 12.1 Å². The number of rotatable bonds is 2. The molecule has 2 atom stereocenters. The minimum atomic E-state index is -0.405. The van der Waals surface area contributed by atoms with Crippen molar-refractivity contribution in [2.75, 3.05) is 19.6 Å². The molecule has 1 heterocycles. The molecule has 0 aromatic rings. The van der Waals surface area contributed by atoms with Crippen molar-refractivity contribution in [1.82, 2.24) is 4.90 Å². The Morgan fingerprint density at radius 3 is 3.07 bits per heavy atom. The van der Waals surface area contributed by atoms with Crippen LogP contribution in [0, 0.1) is 5.92 Å². The molecule has 1 saturated carbocycles. The summed E-state index contributed by atoms with van der Waals surface area (Å²) in [4.78, 5) is 12.6. The Hall–Kier alpha value is -0.410. The lowest BCUT2D eigenvalue weighted by atomic mass is 9.71. The van der Waals surface area contributed by atoms with E-state index >= 15 is 0 Å². The highest BCUT2D eigenvalue weighted by atomic mass is 16.3. The molecule has 0 bridgehead atoms. The quantitative estimate of drug-likeness (QED) is 0.666. The topological polar surface area (TPSA) is 40.5 Å². The summed E-state index contributed by atoms with van der Waals surface area (Å²) in [6, 6.07) is 0. The molecule has 1 N–H and O–H groups in total. The van der Waals surface area contributed by atoms with Crippen LogP contribution < -0.4 is 0 Å². The van der Waals surface area contributed by atoms with Gasteiger partial charge in [-0.1, -0.05) is 12.8 Å². The van der Waals surface area contributed by atoms with Gasteiger partial charge in [-0.05, 0) is 19.3 Å². The Morgan fingerprint density at radius 2 is 2.29 bits per heavy atom. The number of likely N-dealkylation sites (tertiary alicyclic amines) is 1. The molecule has 14 heavy (non-hydrogen) atoms. The number of fused-ring (bicyclic) bond motifs is 1. The maximum atomic E-state index is 10.4. The van der Waals surface area contributed by atoms with E-state index in [1.165, 1.54) is 12.8 Å². The zero-order chi connectivity index (χ0) is 10.0. The Kier molecular flexibility index (Phi) is 2.88. The monoisotopic (exact) mass is 197 g/mol. The fourth-order valence-electron chi connectivity index (χ4n) is 2.91. The first-order valence-corrected chi connectivity index (χ1v) is 5.63. The molecule has 2 aliphatic rings. The van der Waals surface area contributed by atoms with Gasteiger partial charge >= 0.3 is 0 Å². The van der Waals surface area contributed by atoms with E-state index in [4.69, 9.17) is 0 Å². The average Bonchev–Trinajstić information content (AvgIpc) is 2.19. The van der Waals surface area contributed by atoms with Crippen molar-refractivity contribution in [3.05, 3.63) is 0 Å². The van der Waals surface area contributed by atoms with Crippen LogP contribution >= 0.6 is 0 Å². The third kappa shape index (κ3) is 1.84. The van der Waals surface area contributed by atoms with E-state index in [-0.39, 0.29) is 0 Å². The van der Waals surface area contributed by atoms with Crippen molar-refractivity contribution in [2.24, 2.45) is 5.92 Å². The Labute approximate surface area is 85.1 Å². The Bertz CT molecular complexity index is 219. The van der Waals surface area contributed by atoms with Crippen LogP contribution in [0.2, 0.25) is 0 Å². The van der Waals surface area contributed by atoms with E-state index in [9.17, 15) is 9.90 Å². The van der Waals surface area contributed by atoms with Gasteiger partial charge < -0.3 is 9.90 Å². The molecule has 1 saturated heterocycles. The molecule has 80 valence electrons. The molecular weight excluding hydrogens is 178 g/mol. The van der Waals surface area contributed by atoms with E-state index in [2.05, 4.69) is 4.90 Å². The summed E-state index contributed by atoms with van der Waals surface area (Å²) in [5, 5.41) is 10.4. The number of piperidine rings is 1. The number of aldehydes is 1. The summed E-state index contributed by atoms with van der Waals surface area (Å²) in [7, 11) is 0. The highest BCUT2D eigenvalue weighted by Crippen LogP contribution is 2.39. The molecule has 2 fully saturated rings. The maximum absolute atomic E-state index is 10.4. The second-order valence-electron chi connectivity index (χ2n) is 4.72. The van der Waals surface area contributed by atoms with E-state index < -0.39 is 5.60 Å². The van der Waals surface area contributed by atoms with Crippen LogP contribution in [-0.4, -0.2) is 41.5 Å². The van der Waals surface area contributed by atoms with Crippen LogP contribution in [0.5, 0.6) is 0 Å². The predicted octanol–water partition coefficient (Wildman–Crippen LogP) is 0.812. The highest BCUT2D eigenvalue weighted by Gasteiger charge is 2.42. The van der Waals surface area contributed by atoms with E-state index in [0.29, 0.717) is 12.5 Å². The van der Waals surface area contributed by atoms with E-state index in [1.54, 1.807) is 0 Å². The molecule has 2 unspecified atom stereocenters. The minimum absolute atomic E-state index is 0.405. The molecule has 3 nitrogen and oxygen atoms in total. The molecular formula is C11H19NO2. The lowest BCUT2D eigenvalue weighted by Crippen LogP contribution is -2.53. The van der Waals surface area contributed by atoms with Crippen molar-refractivity contribution in [1.29, 1.82) is 0 Å². The van der Waals surface area contributed by atoms with Crippen molar-refractivity contribution in [3.63, 3.8) is 0 Å². The number of nitrogens with zero attached hydrogens (tertiary/aromatic N) is 1. The molecule has 0 aromatic carbocycles. The molecule has 1 aliphatic heterocycles. The molecule has 3 heteroatoms. The molecule has 2 rings (SSSR count). The van der Waals surface area contributed by atoms with Crippen molar-refractivity contribution in [3.8, 4) is 0 Å². The number of aliphatic hydroxyl groups is 1. The predicted molar refractivity (Wildman–Crippen MR) is 54.0 cm³/mol. The van der Waals surface area contributed by atoms with Gasteiger partial charge in [-0.2, -0.15) is 0 Å². The third-order valence-electron chi connectivity index (χ3n) is 3.84. The fourth-order valence-corrected chi connectivity index (χ4v) is 2.91. The van der Waals surface area contributed by atoms with Gasteiger partial charge in [-0.3, -0.25) is 4.90 Å². The number of hydrogen-bond acceptors (Lipinski definition) is 3. The molecule has 1 aliphatic carbocycles. The lowest BCUT2D eigenvalue weighted by molar-refractivity contribution is -0.115. The lowest BCUT2D eigenvalue weighted by Gasteiger charge is -2.47. The second kappa shape index (κ2) is 3.99. The summed E-state index contributed by atoms with van der Waals surface area (Å²) in [5.41, 5.74) is -0.405. The summed E-state index contributed by atoms with van der Waals surface area (Å²) in [6.07, 6.45) is 6.32. The van der Waals surface area contributed by atoms with Gasteiger partial charge in [0.25, 0.3) is 0 Å². The van der Waals surface area contributed by atoms with Crippen LogP contribution in [0.1, 0.15) is 32.1 Å². The first kappa shape index (κ1) is 10.1. The SMILES string of the molecule is O=CCN1CCC2(O)CCCCC2C1. The van der Waals surface area contributed by atoms with Gasteiger partial charge in [0.15, 0.2) is 0 Å². The van der Waals surface area contributed by atoms with Gasteiger partial charge in [0.2, 0.25) is 0 Å². The molecule has 0 aromatic heterocycles. The van der Waals surface area contributed by atoms with Crippen molar-refractivity contribution in [2.45, 2.75) is 37.7 Å². The minimum Gasteiger partial charge on any atom is -0.390 e. The maximum Gasteiger partial charge on any atom is 0.133 e. The fraction of sp³-hybridized carbons (Fsp3) is 0.909. The van der Waals surface area contributed by atoms with E-state index in [1.807, 2.05) is 0 Å². The van der Waals surface area contributed by atoms with Gasteiger partial charge in [-0.25, -0.2) is 0 Å². The normalized spacial score (nSPS) is 39.1. The third-order valence-corrected chi connectivity index (χ3v) is 3.84. The van der Waals surface area contributed by atoms with Crippen LogP contribution in [0.4, 0.5) is 0 Å². The van der Waals surface area contributed by atoms with Crippen LogP contribution in [0.25, 0.3) is 0 Å². The van der Waals surface area contributed by atoms with Gasteiger partial charge in [-0.15, -0.1) is 0 Å². The number of carbonyl (C=O) groups is 1. The first-order chi connectivity index (χ1) is 6.74. The molecule has 0 spiro atoms. The summed E-state index contributed by atoms with van der Waals surface area (Å²) in [6.45, 7) is 2.33. The average molecular weight is 197 g/mol. The largest absolute Gasteiger partial charge is 0.390 e. The highest BCUT2D eigenvalue weighted by molar-refractivity contribution is 5.52. The van der Waals surface area contributed by atoms with Crippen molar-refractivity contribution < 1.29 is 9.90 Å². The van der Waals surface area contributed by atoms with Crippen LogP contribution in [-0.2, 0) is 4.79 Å². The first-order valence-electron chi connectivity index (χ1n) is 5.63. The number of hydrogen-bond donors (Lipinski definition) is 1. The summed E-state index contributed by atoms with van der Waals surface area (Å²) in [5.74, 6) is 0.407. The zero-order valence-electron chi connectivity index (χ0n) is 8.61. The standard InChI is InChI=1S/C11H19NO2/c13-8-7-12-6-5-11(14)4-2-1-3-10(11)9-12/h8,10,14H,1-7,9H2.